The van der Waals surface area contributed by atoms with Crippen molar-refractivity contribution in [3.8, 4) is 0 Å². The molecular formula is C30H42O7. The van der Waals surface area contributed by atoms with Gasteiger partial charge >= 0.3 is 11.9 Å². The van der Waals surface area contributed by atoms with Crippen LogP contribution in [0.15, 0.2) is 11.8 Å². The van der Waals surface area contributed by atoms with E-state index in [2.05, 4.69) is 20.8 Å². The molecule has 204 valence electrons. The maximum Gasteiger partial charge on any atom is 0.343 e. The highest BCUT2D eigenvalue weighted by molar-refractivity contribution is 5.89. The average molecular weight is 515 g/mol. The normalized spacial score (nSPS) is 56.2. The molecule has 37 heavy (non-hydrogen) atoms. The molecule has 4 unspecified atom stereocenters. The number of esters is 2. The van der Waals surface area contributed by atoms with E-state index in [9.17, 15) is 24.6 Å². The van der Waals surface area contributed by atoms with Crippen LogP contribution in [0.1, 0.15) is 80.1 Å². The second kappa shape index (κ2) is 7.68. The summed E-state index contributed by atoms with van der Waals surface area (Å²) in [5.41, 5.74) is -2.96. The number of Topliss-reactive ketones (excluding diaryl/α,β-unsaturated/α-hetero) is 1. The summed E-state index contributed by atoms with van der Waals surface area (Å²) in [7, 11) is 0. The first-order valence-corrected chi connectivity index (χ1v) is 14.2. The fourth-order valence-electron chi connectivity index (χ4n) is 10.9. The van der Waals surface area contributed by atoms with Gasteiger partial charge in [0.25, 0.3) is 0 Å². The lowest BCUT2D eigenvalue weighted by atomic mass is 9.43. The fraction of sp³-hybridized carbons (Fsp3) is 0.833. The summed E-state index contributed by atoms with van der Waals surface area (Å²) in [5, 5.41) is 22.2. The monoisotopic (exact) mass is 514 g/mol. The summed E-state index contributed by atoms with van der Waals surface area (Å²) in [6.45, 7) is 11.6. The number of allylic oxidation sites excluding steroid dienone is 1. The molecule has 6 aliphatic rings. The molecule has 0 spiro atoms. The quantitative estimate of drug-likeness (QED) is 0.512. The molecule has 0 bridgehead atoms. The van der Waals surface area contributed by atoms with Crippen LogP contribution in [0.5, 0.6) is 0 Å². The van der Waals surface area contributed by atoms with Gasteiger partial charge in [0.05, 0.1) is 11.5 Å². The molecule has 0 aromatic rings. The second-order valence-corrected chi connectivity index (χ2v) is 14.2. The van der Waals surface area contributed by atoms with Crippen LogP contribution in [0.4, 0.5) is 0 Å². The number of carbonyl (C=O) groups excluding carboxylic acids is 3. The van der Waals surface area contributed by atoms with E-state index < -0.39 is 35.2 Å². The number of hydrogen-bond acceptors (Lipinski definition) is 7. The highest BCUT2D eigenvalue weighted by Crippen LogP contribution is 2.74. The SMILES string of the molecule is CC(=O)O[C@H]1C(=O)C2CC[C@H](O)C[C@]2(C)C2CC[C@@]3(C)C(C[C@@H]4C3[C@H](C)C=C3OC(=O)[C@@](C)(O)[C@@]34C)[C@@H]21. The lowest BCUT2D eigenvalue weighted by Crippen LogP contribution is -2.63. The predicted octanol–water partition coefficient (Wildman–Crippen LogP) is 3.80. The first-order valence-electron chi connectivity index (χ1n) is 14.2. The summed E-state index contributed by atoms with van der Waals surface area (Å²) >= 11 is 0. The Bertz CT molecular complexity index is 1090. The lowest BCUT2D eigenvalue weighted by molar-refractivity contribution is -0.197. The Morgan fingerprint density at radius 1 is 1.05 bits per heavy atom. The van der Waals surface area contributed by atoms with E-state index in [1.165, 1.54) is 6.92 Å². The van der Waals surface area contributed by atoms with Crippen LogP contribution in [0.25, 0.3) is 0 Å². The van der Waals surface area contributed by atoms with Crippen molar-refractivity contribution in [1.82, 2.24) is 0 Å². The van der Waals surface area contributed by atoms with Crippen LogP contribution in [0, 0.1) is 57.7 Å². The van der Waals surface area contributed by atoms with E-state index in [-0.39, 0.29) is 58.0 Å². The van der Waals surface area contributed by atoms with Gasteiger partial charge in [-0.15, -0.1) is 0 Å². The Balaban J connectivity index is 1.47. The van der Waals surface area contributed by atoms with Gasteiger partial charge in [0.2, 0.25) is 0 Å². The number of fused-ring (bicyclic) bond motifs is 9. The fourth-order valence-corrected chi connectivity index (χ4v) is 10.9. The number of ketones is 1. The summed E-state index contributed by atoms with van der Waals surface area (Å²) < 4.78 is 11.6. The highest BCUT2D eigenvalue weighted by atomic mass is 16.6. The van der Waals surface area contributed by atoms with E-state index >= 15 is 0 Å². The van der Waals surface area contributed by atoms with Crippen molar-refractivity contribution in [2.45, 2.75) is 97.9 Å². The maximum atomic E-state index is 14.1. The molecule has 1 heterocycles. The maximum absolute atomic E-state index is 14.1. The third-order valence-electron chi connectivity index (χ3n) is 12.7. The molecule has 1 saturated heterocycles. The Hall–Kier alpha value is -1.73. The van der Waals surface area contributed by atoms with E-state index in [4.69, 9.17) is 9.47 Å². The minimum Gasteiger partial charge on any atom is -0.454 e. The number of ether oxygens (including phenoxy) is 2. The zero-order valence-electron chi connectivity index (χ0n) is 23.0. The largest absolute Gasteiger partial charge is 0.454 e. The van der Waals surface area contributed by atoms with Crippen LogP contribution >= 0.6 is 0 Å². The van der Waals surface area contributed by atoms with E-state index in [1.807, 2.05) is 13.0 Å². The molecule has 5 fully saturated rings. The van der Waals surface area contributed by atoms with Gasteiger partial charge in [-0.3, -0.25) is 9.59 Å². The smallest absolute Gasteiger partial charge is 0.343 e. The van der Waals surface area contributed by atoms with Gasteiger partial charge in [-0.05, 0) is 98.9 Å². The van der Waals surface area contributed by atoms with Crippen molar-refractivity contribution >= 4 is 17.7 Å². The molecule has 4 saturated carbocycles. The molecule has 0 aromatic heterocycles. The van der Waals surface area contributed by atoms with E-state index in [0.29, 0.717) is 25.0 Å². The Kier molecular flexibility index (Phi) is 5.30. The molecule has 2 N–H and O–H groups in total. The molecule has 1 aliphatic heterocycles. The van der Waals surface area contributed by atoms with Gasteiger partial charge in [0, 0.05) is 18.8 Å². The minimum absolute atomic E-state index is 0.00624. The highest BCUT2D eigenvalue weighted by Gasteiger charge is 2.74. The van der Waals surface area contributed by atoms with Gasteiger partial charge in [0.1, 0.15) is 5.76 Å². The van der Waals surface area contributed by atoms with Gasteiger partial charge in [0.15, 0.2) is 17.5 Å². The molecule has 5 aliphatic carbocycles. The Morgan fingerprint density at radius 3 is 2.43 bits per heavy atom. The zero-order chi connectivity index (χ0) is 26.9. The summed E-state index contributed by atoms with van der Waals surface area (Å²) in [5.74, 6) is -0.191. The van der Waals surface area contributed by atoms with Crippen molar-refractivity contribution in [3.05, 3.63) is 11.8 Å². The number of hydrogen-bond donors (Lipinski definition) is 2. The van der Waals surface area contributed by atoms with Crippen LogP contribution in [0.3, 0.4) is 0 Å². The van der Waals surface area contributed by atoms with Crippen molar-refractivity contribution in [1.29, 1.82) is 0 Å². The van der Waals surface area contributed by atoms with Crippen LogP contribution < -0.4 is 0 Å². The van der Waals surface area contributed by atoms with Crippen molar-refractivity contribution in [2.24, 2.45) is 57.7 Å². The zero-order valence-corrected chi connectivity index (χ0v) is 23.0. The topological polar surface area (TPSA) is 110 Å². The third-order valence-corrected chi connectivity index (χ3v) is 12.7. The first-order chi connectivity index (χ1) is 17.2. The minimum atomic E-state index is -1.63. The Morgan fingerprint density at radius 2 is 1.76 bits per heavy atom. The van der Waals surface area contributed by atoms with Crippen molar-refractivity contribution < 1.29 is 34.1 Å². The number of aliphatic hydroxyl groups excluding tert-OH is 1. The summed E-state index contributed by atoms with van der Waals surface area (Å²) in [6, 6.07) is 0. The predicted molar refractivity (Wildman–Crippen MR) is 133 cm³/mol. The third kappa shape index (κ3) is 2.99. The molecular weight excluding hydrogens is 472 g/mol. The van der Waals surface area contributed by atoms with Crippen LogP contribution in [0.2, 0.25) is 0 Å². The van der Waals surface area contributed by atoms with Crippen LogP contribution in [-0.2, 0) is 23.9 Å². The van der Waals surface area contributed by atoms with Crippen molar-refractivity contribution in [3.63, 3.8) is 0 Å². The second-order valence-electron chi connectivity index (χ2n) is 14.2. The van der Waals surface area contributed by atoms with Gasteiger partial charge in [-0.2, -0.15) is 0 Å². The van der Waals surface area contributed by atoms with Gasteiger partial charge in [-0.1, -0.05) is 20.8 Å². The first kappa shape index (κ1) is 25.5. The molecule has 7 nitrogen and oxygen atoms in total. The average Bonchev–Trinajstić information content (AvgIpc) is 3.21. The summed E-state index contributed by atoms with van der Waals surface area (Å²) in [4.78, 5) is 39.2. The number of aliphatic hydroxyl groups is 2. The Labute approximate surface area is 219 Å². The van der Waals surface area contributed by atoms with Gasteiger partial charge in [-0.25, -0.2) is 4.79 Å². The summed E-state index contributed by atoms with van der Waals surface area (Å²) in [6.07, 6.45) is 5.32. The molecule has 13 atom stereocenters. The van der Waals surface area contributed by atoms with Crippen molar-refractivity contribution in [2.75, 3.05) is 0 Å². The number of carbonyl (C=O) groups is 3. The molecule has 6 rings (SSSR count). The number of rotatable bonds is 1. The standard InChI is InChI=1S/C30H42O7/c1-14-11-21-29(5,30(6,35)26(34)37-21)20-12-19-22-17(9-10-27(19,3)23(14)20)28(4)13-16(32)7-8-18(28)24(33)25(22)36-15(2)31/h11,14,16-20,22-23,25,32,35H,7-10,12-13H2,1-6H3/t14-,16+,17?,18?,19?,20-,22-,23?,25-,27+,28-,29-,30-/m1/s1. The van der Waals surface area contributed by atoms with E-state index in [1.54, 1.807) is 6.92 Å². The molecule has 0 amide bonds. The van der Waals surface area contributed by atoms with Crippen LogP contribution in [-0.4, -0.2) is 45.7 Å². The lowest BCUT2D eigenvalue weighted by Gasteiger charge is -2.62. The molecule has 0 aromatic carbocycles. The molecule has 0 radical (unpaired) electrons. The van der Waals surface area contributed by atoms with Gasteiger partial charge < -0.3 is 19.7 Å². The molecule has 7 heteroatoms. The van der Waals surface area contributed by atoms with E-state index in [0.717, 1.165) is 19.3 Å².